The van der Waals surface area contributed by atoms with E-state index in [1.54, 1.807) is 11.1 Å². The molecule has 0 bridgehead atoms. The van der Waals surface area contributed by atoms with Crippen LogP contribution in [-0.4, -0.2) is 37.6 Å². The van der Waals surface area contributed by atoms with Gasteiger partial charge >= 0.3 is 6.03 Å². The molecule has 1 saturated heterocycles. The van der Waals surface area contributed by atoms with E-state index < -0.39 is 6.03 Å². The number of amides is 2. The van der Waals surface area contributed by atoms with Gasteiger partial charge in [-0.1, -0.05) is 81.3 Å². The molecule has 2 fully saturated rings. The summed E-state index contributed by atoms with van der Waals surface area (Å²) in [6.07, 6.45) is 8.42. The van der Waals surface area contributed by atoms with Crippen LogP contribution in [0.2, 0.25) is 0 Å². The molecule has 5 rings (SSSR count). The molecule has 2 aliphatic heterocycles. The lowest BCUT2D eigenvalue weighted by Crippen LogP contribution is -2.55. The number of urea groups is 1. The number of likely N-dealkylation sites (tertiary alicyclic amines) is 1. The minimum atomic E-state index is -0.495. The Morgan fingerprint density at radius 1 is 0.971 bits per heavy atom. The van der Waals surface area contributed by atoms with Crippen LogP contribution >= 0.6 is 0 Å². The molecular formula is C30H46N4O. The van der Waals surface area contributed by atoms with E-state index in [1.165, 1.54) is 70.8 Å². The molecule has 0 aromatic heterocycles. The lowest BCUT2D eigenvalue weighted by Gasteiger charge is -2.52. The van der Waals surface area contributed by atoms with Gasteiger partial charge in [0.1, 0.15) is 0 Å². The maximum atomic E-state index is 9.48. The van der Waals surface area contributed by atoms with Crippen molar-refractivity contribution in [3.63, 3.8) is 0 Å². The molecule has 35 heavy (non-hydrogen) atoms. The zero-order chi connectivity index (χ0) is 25.1. The molecule has 0 spiro atoms. The van der Waals surface area contributed by atoms with Gasteiger partial charge in [0.2, 0.25) is 0 Å². The first kappa shape index (κ1) is 27.2. The molecule has 2 heterocycles. The quantitative estimate of drug-likeness (QED) is 0.548. The number of carbonyl (C=O) groups excluding carboxylic acids is 1. The molecule has 2 amide bonds. The van der Waals surface area contributed by atoms with E-state index in [9.17, 15) is 4.79 Å². The maximum Gasteiger partial charge on any atom is 0.311 e. The number of rotatable bonds is 4. The van der Waals surface area contributed by atoms with Crippen LogP contribution in [0.4, 0.5) is 4.79 Å². The Hall–Kier alpha value is -2.37. The van der Waals surface area contributed by atoms with Gasteiger partial charge < -0.3 is 16.4 Å². The number of carbonyl (C=O) groups is 1. The third-order valence-corrected chi connectivity index (χ3v) is 8.15. The van der Waals surface area contributed by atoms with Crippen LogP contribution in [0.5, 0.6) is 0 Å². The number of fused-ring (bicyclic) bond motifs is 1. The number of hydrogen-bond acceptors (Lipinski definition) is 3. The monoisotopic (exact) mass is 478 g/mol. The van der Waals surface area contributed by atoms with Crippen LogP contribution in [0.1, 0.15) is 69.1 Å². The lowest BCUT2D eigenvalue weighted by molar-refractivity contribution is 0.0768. The fourth-order valence-electron chi connectivity index (χ4n) is 6.58. The normalized spacial score (nSPS) is 22.7. The second kappa shape index (κ2) is 13.6. The summed E-state index contributed by atoms with van der Waals surface area (Å²) < 4.78 is 0. The summed E-state index contributed by atoms with van der Waals surface area (Å²) in [5.41, 5.74) is 9.62. The molecule has 1 saturated carbocycles. The smallest absolute Gasteiger partial charge is 0.311 e. The summed E-state index contributed by atoms with van der Waals surface area (Å²) in [5, 5.41) is 6.01. The van der Waals surface area contributed by atoms with Crippen molar-refractivity contribution in [2.24, 2.45) is 17.6 Å². The first-order valence-corrected chi connectivity index (χ1v) is 13.7. The first-order valence-electron chi connectivity index (χ1n) is 13.7. The van der Waals surface area contributed by atoms with Crippen LogP contribution < -0.4 is 16.4 Å². The van der Waals surface area contributed by atoms with Gasteiger partial charge in [-0.15, -0.1) is 0 Å². The number of benzene rings is 2. The predicted molar refractivity (Wildman–Crippen MR) is 146 cm³/mol. The van der Waals surface area contributed by atoms with Crippen LogP contribution in [0, 0.1) is 11.8 Å². The molecule has 1 unspecified atom stereocenters. The summed E-state index contributed by atoms with van der Waals surface area (Å²) in [7, 11) is 1.47. The number of hydrogen-bond donors (Lipinski definition) is 3. The highest BCUT2D eigenvalue weighted by Gasteiger charge is 2.49. The highest BCUT2D eigenvalue weighted by molar-refractivity contribution is 5.71. The van der Waals surface area contributed by atoms with E-state index in [4.69, 9.17) is 0 Å². The fraction of sp³-hybridized carbons (Fsp3) is 0.567. The number of nitrogens with two attached hydrogens (primary N) is 1. The maximum absolute atomic E-state index is 9.48. The van der Waals surface area contributed by atoms with Crippen molar-refractivity contribution in [3.8, 4) is 0 Å². The van der Waals surface area contributed by atoms with Crippen molar-refractivity contribution >= 4 is 6.03 Å². The summed E-state index contributed by atoms with van der Waals surface area (Å²) in [4.78, 5) is 12.2. The number of nitrogens with zero attached hydrogens (tertiary/aromatic N) is 1. The molecule has 3 aliphatic rings. The zero-order valence-electron chi connectivity index (χ0n) is 22.1. The van der Waals surface area contributed by atoms with Crippen molar-refractivity contribution in [2.75, 3.05) is 26.7 Å². The standard InChI is InChI=1S/C26H34N2.C2H6N2O.C2H6/c1-2-8-21(9-3-1)19-28-16-14-24(15-17-28)26(23-11-5-6-12-23)20-27-18-22-10-4-7-13-25(22)26;1-4-2(3)5;1-2/h1-4,7-10,13,23-24,27H,5-6,11-12,14-20H2;1H3,(H3,3,4,5);1-2H3. The minimum absolute atomic E-state index is 0.365. The van der Waals surface area contributed by atoms with Crippen LogP contribution in [0.3, 0.4) is 0 Å². The topological polar surface area (TPSA) is 70.4 Å². The summed E-state index contributed by atoms with van der Waals surface area (Å²) in [6.45, 7) is 9.85. The van der Waals surface area contributed by atoms with Crippen LogP contribution in [0.25, 0.3) is 0 Å². The Bertz CT molecular complexity index is 888. The summed E-state index contributed by atoms with van der Waals surface area (Å²) in [6, 6.07) is 19.9. The molecule has 1 aliphatic carbocycles. The molecule has 4 N–H and O–H groups in total. The second-order valence-electron chi connectivity index (χ2n) is 9.93. The van der Waals surface area contributed by atoms with Gasteiger partial charge in [-0.05, 0) is 67.3 Å². The Morgan fingerprint density at radius 2 is 1.54 bits per heavy atom. The Balaban J connectivity index is 0.000000438. The van der Waals surface area contributed by atoms with E-state index in [0.29, 0.717) is 5.41 Å². The first-order chi connectivity index (χ1) is 17.1. The Morgan fingerprint density at radius 3 is 2.17 bits per heavy atom. The summed E-state index contributed by atoms with van der Waals surface area (Å²) in [5.74, 6) is 1.68. The van der Waals surface area contributed by atoms with Crippen LogP contribution in [0.15, 0.2) is 54.6 Å². The fourth-order valence-corrected chi connectivity index (χ4v) is 6.58. The molecular weight excluding hydrogens is 432 g/mol. The van der Waals surface area contributed by atoms with Gasteiger partial charge in [0.05, 0.1) is 0 Å². The average Bonchev–Trinajstić information content (AvgIpc) is 3.46. The van der Waals surface area contributed by atoms with Crippen molar-refractivity contribution < 1.29 is 4.79 Å². The SMILES string of the molecule is CC.CNC(N)=O.c1ccc(CN2CCC(C3(C4CCCC4)CNCc4ccccc43)CC2)cc1. The van der Waals surface area contributed by atoms with Gasteiger partial charge in [-0.25, -0.2) is 4.79 Å². The molecule has 5 heteroatoms. The number of primary amides is 1. The molecule has 1 atom stereocenters. The predicted octanol–water partition coefficient (Wildman–Crippen LogP) is 5.44. The molecule has 2 aromatic carbocycles. The second-order valence-corrected chi connectivity index (χ2v) is 9.93. The van der Waals surface area contributed by atoms with Gasteiger partial charge in [0.25, 0.3) is 0 Å². The highest BCUT2D eigenvalue weighted by atomic mass is 16.2. The third kappa shape index (κ3) is 6.65. The molecule has 192 valence electrons. The highest BCUT2D eigenvalue weighted by Crippen LogP contribution is 2.51. The summed E-state index contributed by atoms with van der Waals surface area (Å²) >= 11 is 0. The van der Waals surface area contributed by atoms with Crippen molar-refractivity contribution in [3.05, 3.63) is 71.3 Å². The van der Waals surface area contributed by atoms with Gasteiger partial charge in [-0.2, -0.15) is 0 Å². The zero-order valence-corrected chi connectivity index (χ0v) is 22.1. The van der Waals surface area contributed by atoms with Gasteiger partial charge in [0, 0.05) is 32.1 Å². The number of nitrogens with one attached hydrogen (secondary N) is 2. The van der Waals surface area contributed by atoms with Crippen molar-refractivity contribution in [1.29, 1.82) is 0 Å². The van der Waals surface area contributed by atoms with Crippen molar-refractivity contribution in [2.45, 2.75) is 70.9 Å². The van der Waals surface area contributed by atoms with Crippen molar-refractivity contribution in [1.82, 2.24) is 15.5 Å². The Kier molecular flexibility index (Phi) is 10.6. The average molecular weight is 479 g/mol. The molecule has 5 nitrogen and oxygen atoms in total. The third-order valence-electron chi connectivity index (χ3n) is 8.15. The van der Waals surface area contributed by atoms with Gasteiger partial charge in [0.15, 0.2) is 0 Å². The van der Waals surface area contributed by atoms with E-state index in [1.807, 2.05) is 13.8 Å². The van der Waals surface area contributed by atoms with E-state index in [-0.39, 0.29) is 0 Å². The molecule has 2 aromatic rings. The van der Waals surface area contributed by atoms with E-state index >= 15 is 0 Å². The minimum Gasteiger partial charge on any atom is -0.352 e. The van der Waals surface area contributed by atoms with E-state index in [0.717, 1.165) is 24.9 Å². The number of piperidine rings is 1. The largest absolute Gasteiger partial charge is 0.352 e. The molecule has 0 radical (unpaired) electrons. The van der Waals surface area contributed by atoms with Crippen LogP contribution in [-0.2, 0) is 18.5 Å². The van der Waals surface area contributed by atoms with E-state index in [2.05, 4.69) is 75.9 Å². The lowest BCUT2D eigenvalue weighted by atomic mass is 9.57. The Labute approximate surface area is 212 Å². The van der Waals surface area contributed by atoms with Gasteiger partial charge in [-0.3, -0.25) is 4.90 Å².